The molecule has 0 radical (unpaired) electrons. The molecule has 1 aliphatic heterocycles. The maximum absolute atomic E-state index is 11.7. The number of aromatic hydroxyl groups is 1. The third-order valence-electron chi connectivity index (χ3n) is 3.40. The molecule has 0 spiro atoms. The van der Waals surface area contributed by atoms with Crippen LogP contribution in [-0.4, -0.2) is 52.6 Å². The molecule has 6 heteroatoms. The summed E-state index contributed by atoms with van der Waals surface area (Å²) in [6, 6.07) is 1.40. The van der Waals surface area contributed by atoms with Gasteiger partial charge in [0, 0.05) is 37.9 Å². The summed E-state index contributed by atoms with van der Waals surface area (Å²) in [6.07, 6.45) is 0. The van der Waals surface area contributed by atoms with Crippen LogP contribution in [0.25, 0.3) is 0 Å². The Hall–Kier alpha value is -1.37. The highest BCUT2D eigenvalue weighted by Crippen LogP contribution is 2.17. The lowest BCUT2D eigenvalue weighted by atomic mass is 10.2. The first-order valence-electron chi connectivity index (χ1n) is 6.46. The summed E-state index contributed by atoms with van der Waals surface area (Å²) < 4.78 is 7.08. The van der Waals surface area contributed by atoms with Gasteiger partial charge in [-0.2, -0.15) is 0 Å². The minimum Gasteiger partial charge on any atom is -0.503 e. The highest BCUT2D eigenvalue weighted by atomic mass is 16.5. The molecule has 2 N–H and O–H groups in total. The number of nitrogens with zero attached hydrogens (tertiary/aromatic N) is 2. The van der Waals surface area contributed by atoms with Crippen molar-refractivity contribution in [3.8, 4) is 5.75 Å². The van der Waals surface area contributed by atoms with E-state index in [9.17, 15) is 9.90 Å². The molecule has 1 aliphatic rings. The van der Waals surface area contributed by atoms with Gasteiger partial charge in [-0.25, -0.2) is 0 Å². The molecule has 0 bridgehead atoms. The van der Waals surface area contributed by atoms with Crippen LogP contribution < -0.4 is 5.43 Å². The summed E-state index contributed by atoms with van der Waals surface area (Å²) in [5.74, 6) is -0.217. The van der Waals surface area contributed by atoms with Gasteiger partial charge in [0.15, 0.2) is 5.75 Å². The van der Waals surface area contributed by atoms with E-state index < -0.39 is 0 Å². The first-order chi connectivity index (χ1) is 9.13. The molecule has 2 rings (SSSR count). The van der Waals surface area contributed by atoms with Crippen molar-refractivity contribution in [1.29, 1.82) is 0 Å². The highest BCUT2D eigenvalue weighted by molar-refractivity contribution is 5.29. The van der Waals surface area contributed by atoms with Gasteiger partial charge in [0.1, 0.15) is 0 Å². The van der Waals surface area contributed by atoms with E-state index in [1.807, 2.05) is 0 Å². The van der Waals surface area contributed by atoms with E-state index in [4.69, 9.17) is 9.84 Å². The zero-order valence-corrected chi connectivity index (χ0v) is 11.1. The molecule has 1 saturated heterocycles. The van der Waals surface area contributed by atoms with Crippen molar-refractivity contribution in [1.82, 2.24) is 9.47 Å². The Morgan fingerprint density at radius 1 is 1.37 bits per heavy atom. The Bertz CT molecular complexity index is 492. The number of hydrogen-bond donors (Lipinski definition) is 2. The molecular formula is C13H20N2O4. The maximum Gasteiger partial charge on any atom is 0.223 e. The number of hydrogen-bond acceptors (Lipinski definition) is 5. The van der Waals surface area contributed by atoms with Crippen molar-refractivity contribution in [2.24, 2.45) is 0 Å². The molecule has 2 heterocycles. The van der Waals surface area contributed by atoms with Crippen LogP contribution in [0, 0.1) is 6.92 Å². The number of morpholine rings is 1. The Labute approximate surface area is 111 Å². The second-order valence-electron chi connectivity index (χ2n) is 4.71. The Morgan fingerprint density at radius 3 is 2.68 bits per heavy atom. The van der Waals surface area contributed by atoms with Crippen molar-refractivity contribution >= 4 is 0 Å². The molecule has 6 nitrogen and oxygen atoms in total. The number of aromatic nitrogens is 1. The zero-order valence-electron chi connectivity index (χ0n) is 11.1. The van der Waals surface area contributed by atoms with Gasteiger partial charge in [0.05, 0.1) is 25.5 Å². The van der Waals surface area contributed by atoms with Crippen LogP contribution in [0.5, 0.6) is 5.75 Å². The lowest BCUT2D eigenvalue weighted by Gasteiger charge is -2.28. The minimum absolute atomic E-state index is 0.0285. The molecule has 0 unspecified atom stereocenters. The van der Waals surface area contributed by atoms with E-state index in [0.717, 1.165) is 18.8 Å². The van der Waals surface area contributed by atoms with Crippen LogP contribution in [0.2, 0.25) is 0 Å². The Kier molecular flexibility index (Phi) is 4.57. The Morgan fingerprint density at radius 2 is 2.05 bits per heavy atom. The zero-order chi connectivity index (χ0) is 13.8. The number of pyridine rings is 1. The van der Waals surface area contributed by atoms with Gasteiger partial charge in [-0.1, -0.05) is 0 Å². The second kappa shape index (κ2) is 6.18. The molecule has 0 atom stereocenters. The average Bonchev–Trinajstić information content (AvgIpc) is 2.41. The second-order valence-corrected chi connectivity index (χ2v) is 4.71. The molecule has 0 amide bonds. The summed E-state index contributed by atoms with van der Waals surface area (Å²) in [5.41, 5.74) is 0.955. The molecule has 1 fully saturated rings. The summed E-state index contributed by atoms with van der Waals surface area (Å²) in [7, 11) is 0. The number of aliphatic hydroxyl groups is 1. The molecule has 0 saturated carbocycles. The molecule has 1 aromatic rings. The summed E-state index contributed by atoms with van der Waals surface area (Å²) in [4.78, 5) is 13.8. The van der Waals surface area contributed by atoms with Crippen molar-refractivity contribution < 1.29 is 14.9 Å². The summed E-state index contributed by atoms with van der Waals surface area (Å²) in [6.45, 7) is 5.53. The van der Waals surface area contributed by atoms with Crippen LogP contribution in [-0.2, 0) is 17.8 Å². The monoisotopic (exact) mass is 268 g/mol. The normalized spacial score (nSPS) is 16.7. The van der Waals surface area contributed by atoms with Gasteiger partial charge in [-0.3, -0.25) is 9.69 Å². The van der Waals surface area contributed by atoms with Gasteiger partial charge in [-0.15, -0.1) is 0 Å². The van der Waals surface area contributed by atoms with E-state index in [-0.39, 0.29) is 17.8 Å². The first-order valence-corrected chi connectivity index (χ1v) is 6.46. The first kappa shape index (κ1) is 14.0. The van der Waals surface area contributed by atoms with Crippen molar-refractivity contribution in [3.05, 3.63) is 27.7 Å². The van der Waals surface area contributed by atoms with E-state index in [1.54, 1.807) is 11.5 Å². The number of aliphatic hydroxyl groups excluding tert-OH is 1. The highest BCUT2D eigenvalue weighted by Gasteiger charge is 2.18. The van der Waals surface area contributed by atoms with Crippen molar-refractivity contribution in [2.45, 2.75) is 20.0 Å². The fraction of sp³-hybridized carbons (Fsp3) is 0.615. The maximum atomic E-state index is 11.7. The van der Waals surface area contributed by atoms with Crippen LogP contribution in [0.4, 0.5) is 0 Å². The van der Waals surface area contributed by atoms with E-state index in [2.05, 4.69) is 4.90 Å². The SMILES string of the molecule is Cc1cc(=O)c(O)c(CN2CCOCC2)n1CCO. The number of ether oxygens (including phenoxy) is 1. The molecular weight excluding hydrogens is 248 g/mol. The molecule has 0 aliphatic carbocycles. The molecule has 19 heavy (non-hydrogen) atoms. The van der Waals surface area contributed by atoms with Gasteiger partial charge in [0.2, 0.25) is 5.43 Å². The van der Waals surface area contributed by atoms with Crippen molar-refractivity contribution in [2.75, 3.05) is 32.9 Å². The predicted molar refractivity (Wildman–Crippen MR) is 70.3 cm³/mol. The quantitative estimate of drug-likeness (QED) is 0.783. The third kappa shape index (κ3) is 3.15. The lowest BCUT2D eigenvalue weighted by Crippen LogP contribution is -2.37. The van der Waals surface area contributed by atoms with Gasteiger partial charge in [-0.05, 0) is 6.92 Å². The third-order valence-corrected chi connectivity index (χ3v) is 3.40. The van der Waals surface area contributed by atoms with Crippen LogP contribution >= 0.6 is 0 Å². The lowest BCUT2D eigenvalue weighted by molar-refractivity contribution is 0.0325. The van der Waals surface area contributed by atoms with Crippen LogP contribution in [0.3, 0.4) is 0 Å². The summed E-state index contributed by atoms with van der Waals surface area (Å²) >= 11 is 0. The fourth-order valence-corrected chi connectivity index (χ4v) is 2.36. The van der Waals surface area contributed by atoms with Crippen LogP contribution in [0.15, 0.2) is 10.9 Å². The number of rotatable bonds is 4. The summed E-state index contributed by atoms with van der Waals surface area (Å²) in [5, 5.41) is 19.1. The molecule has 0 aromatic carbocycles. The van der Waals surface area contributed by atoms with E-state index in [1.165, 1.54) is 6.07 Å². The van der Waals surface area contributed by atoms with Gasteiger partial charge in [0.25, 0.3) is 0 Å². The molecule has 1 aromatic heterocycles. The van der Waals surface area contributed by atoms with Gasteiger partial charge >= 0.3 is 0 Å². The minimum atomic E-state index is -0.366. The Balaban J connectivity index is 2.32. The molecule has 106 valence electrons. The predicted octanol–water partition coefficient (Wildman–Crippen LogP) is -0.313. The fourth-order valence-electron chi connectivity index (χ4n) is 2.36. The standard InChI is InChI=1S/C13H20N2O4/c1-10-8-12(17)13(18)11(15(10)2-5-16)9-14-3-6-19-7-4-14/h8,16,18H,2-7,9H2,1H3. The smallest absolute Gasteiger partial charge is 0.223 e. The topological polar surface area (TPSA) is 74.9 Å². The average molecular weight is 268 g/mol. The van der Waals surface area contributed by atoms with E-state index >= 15 is 0 Å². The van der Waals surface area contributed by atoms with E-state index in [0.29, 0.717) is 32.0 Å². The van der Waals surface area contributed by atoms with Gasteiger partial charge < -0.3 is 19.5 Å². The largest absolute Gasteiger partial charge is 0.503 e. The van der Waals surface area contributed by atoms with Crippen molar-refractivity contribution in [3.63, 3.8) is 0 Å². The van der Waals surface area contributed by atoms with Crippen LogP contribution in [0.1, 0.15) is 11.4 Å². The number of aryl methyl sites for hydroxylation is 1.